The Labute approximate surface area is 184 Å². The van der Waals surface area contributed by atoms with Crippen LogP contribution in [0.1, 0.15) is 36.6 Å². The van der Waals surface area contributed by atoms with E-state index in [0.717, 1.165) is 17.2 Å². The van der Waals surface area contributed by atoms with Gasteiger partial charge in [-0.15, -0.1) is 24.0 Å². The molecule has 0 fully saturated rings. The second-order valence-electron chi connectivity index (χ2n) is 7.30. The highest BCUT2D eigenvalue weighted by molar-refractivity contribution is 14.0. The number of hydrogen-bond donors (Lipinski definition) is 1. The zero-order chi connectivity index (χ0) is 20.1. The first-order chi connectivity index (χ1) is 12.7. The van der Waals surface area contributed by atoms with Crippen molar-refractivity contribution in [2.24, 2.45) is 12.0 Å². The lowest BCUT2D eigenvalue weighted by Crippen LogP contribution is -2.38. The lowest BCUT2D eigenvalue weighted by atomic mass is 10.1. The molecule has 0 aliphatic heterocycles. The van der Waals surface area contributed by atoms with Crippen LogP contribution in [-0.2, 0) is 20.1 Å². The van der Waals surface area contributed by atoms with Gasteiger partial charge in [0.05, 0.1) is 11.4 Å². The second-order valence-corrected chi connectivity index (χ2v) is 7.30. The summed E-state index contributed by atoms with van der Waals surface area (Å²) in [5.74, 6) is 0.896. The minimum Gasteiger partial charge on any atom is -0.375 e. The topological polar surface area (TPSA) is 48.7 Å². The zero-order valence-corrected chi connectivity index (χ0v) is 20.2. The van der Waals surface area contributed by atoms with Gasteiger partial charge in [0.2, 0.25) is 0 Å². The summed E-state index contributed by atoms with van der Waals surface area (Å²) >= 11 is 0. The molecule has 0 unspecified atom stereocenters. The Balaban J connectivity index is 0.00000392. The van der Waals surface area contributed by atoms with Crippen LogP contribution in [0.2, 0.25) is 0 Å². The van der Waals surface area contributed by atoms with Gasteiger partial charge in [-0.05, 0) is 23.6 Å². The second kappa shape index (κ2) is 10.6. The number of nitrogens with zero attached hydrogens (tertiary/aromatic N) is 5. The maximum Gasteiger partial charge on any atom is 0.193 e. The van der Waals surface area contributed by atoms with Crippen molar-refractivity contribution in [3.8, 4) is 0 Å². The number of nitrogens with one attached hydrogen (secondary N) is 1. The fourth-order valence-electron chi connectivity index (χ4n) is 3.08. The monoisotopic (exact) mass is 502 g/mol. The van der Waals surface area contributed by atoms with E-state index in [4.69, 9.17) is 0 Å². The first kappa shape index (κ1) is 24.2. The van der Waals surface area contributed by atoms with Crippen molar-refractivity contribution in [3.63, 3.8) is 0 Å². The summed E-state index contributed by atoms with van der Waals surface area (Å²) in [6, 6.07) is 5.29. The lowest BCUT2D eigenvalue weighted by molar-refractivity contribution is 0.473. The van der Waals surface area contributed by atoms with E-state index in [2.05, 4.69) is 35.5 Å². The van der Waals surface area contributed by atoms with Gasteiger partial charge in [0, 0.05) is 60.1 Å². The average molecular weight is 502 g/mol. The number of aromatic nitrogens is 2. The molecule has 0 radical (unpaired) electrons. The summed E-state index contributed by atoms with van der Waals surface area (Å²) in [5, 5.41) is 7.86. The van der Waals surface area contributed by atoms with E-state index >= 15 is 0 Å². The third-order valence-corrected chi connectivity index (χ3v) is 4.41. The molecule has 0 aliphatic rings. The molecule has 0 saturated carbocycles. The molecule has 0 amide bonds. The lowest BCUT2D eigenvalue weighted by Gasteiger charge is -2.22. The maximum absolute atomic E-state index is 14.2. The maximum atomic E-state index is 14.2. The van der Waals surface area contributed by atoms with E-state index in [1.54, 1.807) is 24.1 Å². The predicted molar refractivity (Wildman–Crippen MR) is 125 cm³/mol. The molecule has 2 rings (SSSR count). The van der Waals surface area contributed by atoms with Crippen molar-refractivity contribution in [3.05, 3.63) is 47.0 Å². The Morgan fingerprint density at radius 2 is 1.96 bits per heavy atom. The van der Waals surface area contributed by atoms with Crippen molar-refractivity contribution in [1.82, 2.24) is 20.0 Å². The van der Waals surface area contributed by atoms with Gasteiger partial charge in [0.15, 0.2) is 5.96 Å². The van der Waals surface area contributed by atoms with E-state index in [-0.39, 0.29) is 29.8 Å². The normalized spacial score (nSPS) is 11.4. The number of aliphatic imine (C=N–C) groups is 1. The van der Waals surface area contributed by atoms with Crippen molar-refractivity contribution >= 4 is 35.6 Å². The average Bonchev–Trinajstić information content (AvgIpc) is 2.95. The van der Waals surface area contributed by atoms with E-state index in [9.17, 15) is 4.39 Å². The van der Waals surface area contributed by atoms with Crippen LogP contribution in [0.4, 0.5) is 10.1 Å². The number of benzene rings is 1. The standard InChI is InChI=1S/C20H31FN6.HI/c1-14(2)19-16(13-27(7)24-19)12-26(6)20(22-3)23-11-15-8-9-18(25(4)5)17(21)10-15;/h8-10,13-14H,11-12H2,1-7H3,(H,22,23);1H. The number of rotatable bonds is 6. The highest BCUT2D eigenvalue weighted by atomic mass is 127. The van der Waals surface area contributed by atoms with Crippen LogP contribution in [-0.4, -0.2) is 48.8 Å². The van der Waals surface area contributed by atoms with Crippen LogP contribution in [0.15, 0.2) is 29.4 Å². The number of aryl methyl sites for hydroxylation is 1. The van der Waals surface area contributed by atoms with Crippen LogP contribution < -0.4 is 10.2 Å². The predicted octanol–water partition coefficient (Wildman–Crippen LogP) is 3.57. The molecule has 6 nitrogen and oxygen atoms in total. The van der Waals surface area contributed by atoms with Crippen LogP contribution in [0.5, 0.6) is 0 Å². The largest absolute Gasteiger partial charge is 0.375 e. The first-order valence-electron chi connectivity index (χ1n) is 9.12. The van der Waals surface area contributed by atoms with Gasteiger partial charge in [-0.1, -0.05) is 19.9 Å². The molecule has 1 N–H and O–H groups in total. The van der Waals surface area contributed by atoms with Gasteiger partial charge in [0.25, 0.3) is 0 Å². The van der Waals surface area contributed by atoms with Crippen molar-refractivity contribution in [1.29, 1.82) is 0 Å². The van der Waals surface area contributed by atoms with Gasteiger partial charge in [-0.2, -0.15) is 5.10 Å². The molecule has 0 spiro atoms. The van der Waals surface area contributed by atoms with E-state index in [1.165, 1.54) is 5.56 Å². The molecule has 8 heteroatoms. The summed E-state index contributed by atoms with van der Waals surface area (Å²) in [5.41, 5.74) is 3.73. The summed E-state index contributed by atoms with van der Waals surface area (Å²) < 4.78 is 16.0. The molecule has 28 heavy (non-hydrogen) atoms. The molecule has 0 bridgehead atoms. The van der Waals surface area contributed by atoms with Gasteiger partial charge < -0.3 is 15.1 Å². The number of guanidine groups is 1. The Hall–Kier alpha value is -1.84. The summed E-state index contributed by atoms with van der Waals surface area (Å²) in [6.45, 7) is 5.50. The van der Waals surface area contributed by atoms with Crippen molar-refractivity contribution in [2.75, 3.05) is 33.1 Å². The molecule has 1 aromatic heterocycles. The van der Waals surface area contributed by atoms with Gasteiger partial charge in [-0.25, -0.2) is 4.39 Å². The fourth-order valence-corrected chi connectivity index (χ4v) is 3.08. The Morgan fingerprint density at radius 3 is 2.50 bits per heavy atom. The third-order valence-electron chi connectivity index (χ3n) is 4.41. The smallest absolute Gasteiger partial charge is 0.193 e. The molecule has 0 atom stereocenters. The van der Waals surface area contributed by atoms with E-state index in [0.29, 0.717) is 24.7 Å². The zero-order valence-electron chi connectivity index (χ0n) is 17.8. The highest BCUT2D eigenvalue weighted by Crippen LogP contribution is 2.19. The molecule has 2 aromatic rings. The Kier molecular flexibility index (Phi) is 9.19. The number of hydrogen-bond acceptors (Lipinski definition) is 3. The summed E-state index contributed by atoms with van der Waals surface area (Å²) in [4.78, 5) is 8.16. The molecular weight excluding hydrogens is 470 g/mol. The Bertz CT molecular complexity index is 800. The molecule has 0 aliphatic carbocycles. The minimum atomic E-state index is -0.223. The number of halogens is 2. The molecule has 156 valence electrons. The summed E-state index contributed by atoms with van der Waals surface area (Å²) in [7, 11) is 9.34. The van der Waals surface area contributed by atoms with E-state index < -0.39 is 0 Å². The fraction of sp³-hybridized carbons (Fsp3) is 0.500. The summed E-state index contributed by atoms with van der Waals surface area (Å²) in [6.07, 6.45) is 2.05. The molecular formula is C20H32FIN6. The van der Waals surface area contributed by atoms with Crippen LogP contribution in [0, 0.1) is 5.82 Å². The van der Waals surface area contributed by atoms with Crippen molar-refractivity contribution < 1.29 is 4.39 Å². The van der Waals surface area contributed by atoms with Crippen LogP contribution >= 0.6 is 24.0 Å². The van der Waals surface area contributed by atoms with Crippen LogP contribution in [0.25, 0.3) is 0 Å². The van der Waals surface area contributed by atoms with Gasteiger partial charge in [0.1, 0.15) is 5.82 Å². The number of anilines is 1. The van der Waals surface area contributed by atoms with E-state index in [1.807, 2.05) is 43.8 Å². The quantitative estimate of drug-likeness (QED) is 0.373. The Morgan fingerprint density at radius 1 is 1.29 bits per heavy atom. The SMILES string of the molecule is CN=C(NCc1ccc(N(C)C)c(F)c1)N(C)Cc1cn(C)nc1C(C)C.I. The molecule has 1 heterocycles. The van der Waals surface area contributed by atoms with Crippen LogP contribution in [0.3, 0.4) is 0 Å². The minimum absolute atomic E-state index is 0. The molecule has 1 aromatic carbocycles. The highest BCUT2D eigenvalue weighted by Gasteiger charge is 2.15. The molecule has 0 saturated heterocycles. The first-order valence-corrected chi connectivity index (χ1v) is 9.12. The third kappa shape index (κ3) is 6.08. The van der Waals surface area contributed by atoms with Gasteiger partial charge in [-0.3, -0.25) is 9.67 Å². The van der Waals surface area contributed by atoms with Crippen molar-refractivity contribution in [2.45, 2.75) is 32.9 Å². The van der Waals surface area contributed by atoms with Gasteiger partial charge >= 0.3 is 0 Å².